The second-order valence-electron chi connectivity index (χ2n) is 4.86. The van der Waals surface area contributed by atoms with E-state index in [0.29, 0.717) is 15.8 Å². The summed E-state index contributed by atoms with van der Waals surface area (Å²) in [7, 11) is 0. The van der Waals surface area contributed by atoms with Gasteiger partial charge in [-0.2, -0.15) is 0 Å². The van der Waals surface area contributed by atoms with Crippen LogP contribution in [0.3, 0.4) is 0 Å². The van der Waals surface area contributed by atoms with E-state index in [1.807, 2.05) is 32.0 Å². The first-order valence-corrected chi connectivity index (χ1v) is 7.30. The number of rotatable bonds is 5. The van der Waals surface area contributed by atoms with Crippen LogP contribution in [0.15, 0.2) is 36.7 Å². The van der Waals surface area contributed by atoms with Crippen molar-refractivity contribution >= 4 is 23.2 Å². The Bertz CT molecular complexity index is 620. The molecule has 6 heteroatoms. The molecule has 3 N–H and O–H groups in total. The Hall–Kier alpha value is -1.33. The summed E-state index contributed by atoms with van der Waals surface area (Å²) < 4.78 is 5.65. The highest BCUT2D eigenvalue weighted by atomic mass is 35.5. The number of nitrogens with one attached hydrogen (secondary N) is 1. The van der Waals surface area contributed by atoms with Gasteiger partial charge in [-0.1, -0.05) is 35.3 Å². The van der Waals surface area contributed by atoms with Gasteiger partial charge >= 0.3 is 0 Å². The van der Waals surface area contributed by atoms with Crippen LogP contribution in [0.25, 0.3) is 0 Å². The van der Waals surface area contributed by atoms with Gasteiger partial charge in [-0.3, -0.25) is 10.8 Å². The van der Waals surface area contributed by atoms with Gasteiger partial charge in [0.15, 0.2) is 0 Å². The van der Waals surface area contributed by atoms with E-state index in [9.17, 15) is 0 Å². The zero-order valence-electron chi connectivity index (χ0n) is 11.8. The van der Waals surface area contributed by atoms with Crippen molar-refractivity contribution in [1.29, 1.82) is 0 Å². The lowest BCUT2D eigenvalue weighted by atomic mass is 10.0. The lowest BCUT2D eigenvalue weighted by Gasteiger charge is -2.19. The Morgan fingerprint density at radius 3 is 2.67 bits per heavy atom. The van der Waals surface area contributed by atoms with Gasteiger partial charge < -0.3 is 4.74 Å². The van der Waals surface area contributed by atoms with Gasteiger partial charge in [0.2, 0.25) is 0 Å². The molecule has 0 radical (unpaired) electrons. The van der Waals surface area contributed by atoms with Crippen molar-refractivity contribution in [2.24, 2.45) is 5.84 Å². The lowest BCUT2D eigenvalue weighted by Crippen LogP contribution is -2.29. The first kappa shape index (κ1) is 16.0. The Morgan fingerprint density at radius 1 is 1.24 bits per heavy atom. The van der Waals surface area contributed by atoms with E-state index >= 15 is 0 Å². The minimum absolute atomic E-state index is 0.0705. The van der Waals surface area contributed by atoms with Gasteiger partial charge in [0.1, 0.15) is 5.75 Å². The van der Waals surface area contributed by atoms with Crippen LogP contribution in [-0.2, 0) is 0 Å². The Morgan fingerprint density at radius 2 is 2.00 bits per heavy atom. The predicted octanol–water partition coefficient (Wildman–Crippen LogP) is 3.73. The fourth-order valence-corrected chi connectivity index (χ4v) is 2.46. The predicted molar refractivity (Wildman–Crippen MR) is 85.6 cm³/mol. The molecule has 1 heterocycles. The molecule has 4 nitrogen and oxygen atoms in total. The van der Waals surface area contributed by atoms with Crippen molar-refractivity contribution in [3.63, 3.8) is 0 Å². The molecule has 0 fully saturated rings. The largest absolute Gasteiger partial charge is 0.489 e. The van der Waals surface area contributed by atoms with Crippen LogP contribution in [-0.4, -0.2) is 11.1 Å². The molecule has 21 heavy (non-hydrogen) atoms. The molecule has 0 aliphatic rings. The van der Waals surface area contributed by atoms with Crippen LogP contribution in [0.4, 0.5) is 0 Å². The number of ether oxygens (including phenoxy) is 1. The molecule has 1 aromatic carbocycles. The zero-order valence-corrected chi connectivity index (χ0v) is 13.3. The molecule has 0 aliphatic carbocycles. The third-order valence-electron chi connectivity index (χ3n) is 2.90. The second kappa shape index (κ2) is 7.09. The maximum atomic E-state index is 6.26. The smallest absolute Gasteiger partial charge is 0.138 e. The molecule has 0 amide bonds. The first-order valence-electron chi connectivity index (χ1n) is 6.54. The number of hydrogen-bond donors (Lipinski definition) is 2. The molecule has 0 bridgehead atoms. The molecule has 2 aromatic rings. The minimum atomic E-state index is -0.320. The topological polar surface area (TPSA) is 60.2 Å². The number of nitrogens with zero attached hydrogens (tertiary/aromatic N) is 1. The summed E-state index contributed by atoms with van der Waals surface area (Å²) in [4.78, 5) is 4.19. The highest BCUT2D eigenvalue weighted by Crippen LogP contribution is 2.33. The Balaban J connectivity index is 2.39. The Labute approximate surface area is 134 Å². The van der Waals surface area contributed by atoms with Gasteiger partial charge in [-0.15, -0.1) is 0 Å². The van der Waals surface area contributed by atoms with Crippen molar-refractivity contribution < 1.29 is 4.74 Å². The van der Waals surface area contributed by atoms with E-state index in [1.165, 1.54) is 0 Å². The highest BCUT2D eigenvalue weighted by molar-refractivity contribution is 6.42. The molecule has 0 saturated carbocycles. The maximum Gasteiger partial charge on any atom is 0.138 e. The number of benzene rings is 1. The SMILES string of the molecule is CC(C)Oc1cncc(C(NN)c2cccc(Cl)c2Cl)c1. The highest BCUT2D eigenvalue weighted by Gasteiger charge is 2.18. The van der Waals surface area contributed by atoms with Crippen molar-refractivity contribution in [1.82, 2.24) is 10.4 Å². The van der Waals surface area contributed by atoms with E-state index in [4.69, 9.17) is 33.8 Å². The Kier molecular flexibility index (Phi) is 5.42. The lowest BCUT2D eigenvalue weighted by molar-refractivity contribution is 0.241. The molecular weight excluding hydrogens is 309 g/mol. The van der Waals surface area contributed by atoms with Crippen LogP contribution < -0.4 is 16.0 Å². The summed E-state index contributed by atoms with van der Waals surface area (Å²) >= 11 is 12.3. The number of aromatic nitrogens is 1. The van der Waals surface area contributed by atoms with E-state index in [1.54, 1.807) is 18.5 Å². The third-order valence-corrected chi connectivity index (χ3v) is 3.73. The maximum absolute atomic E-state index is 6.26. The summed E-state index contributed by atoms with van der Waals surface area (Å²) in [5, 5.41) is 0.953. The summed E-state index contributed by atoms with van der Waals surface area (Å²) in [5.41, 5.74) is 4.38. The van der Waals surface area contributed by atoms with Crippen LogP contribution >= 0.6 is 23.2 Å². The van der Waals surface area contributed by atoms with Crippen molar-refractivity contribution in [3.8, 4) is 5.75 Å². The summed E-state index contributed by atoms with van der Waals surface area (Å²) in [5.74, 6) is 6.37. The number of pyridine rings is 1. The van der Waals surface area contributed by atoms with E-state index in [2.05, 4.69) is 10.4 Å². The van der Waals surface area contributed by atoms with Crippen LogP contribution in [0.1, 0.15) is 31.0 Å². The number of halogens is 2. The number of hydrazine groups is 1. The van der Waals surface area contributed by atoms with E-state index in [-0.39, 0.29) is 12.1 Å². The van der Waals surface area contributed by atoms with Gasteiger partial charge in [0.25, 0.3) is 0 Å². The van der Waals surface area contributed by atoms with E-state index < -0.39 is 0 Å². The fraction of sp³-hybridized carbons (Fsp3) is 0.267. The third kappa shape index (κ3) is 3.86. The van der Waals surface area contributed by atoms with Gasteiger partial charge in [-0.05, 0) is 37.1 Å². The average Bonchev–Trinajstić information content (AvgIpc) is 2.44. The average molecular weight is 326 g/mol. The molecule has 1 aromatic heterocycles. The molecule has 1 unspecified atom stereocenters. The summed E-state index contributed by atoms with van der Waals surface area (Å²) in [6.07, 6.45) is 3.45. The van der Waals surface area contributed by atoms with Gasteiger partial charge in [-0.25, -0.2) is 5.43 Å². The molecular formula is C15H17Cl2N3O. The van der Waals surface area contributed by atoms with E-state index in [0.717, 1.165) is 11.1 Å². The van der Waals surface area contributed by atoms with Crippen molar-refractivity contribution in [3.05, 3.63) is 57.8 Å². The normalized spacial score (nSPS) is 12.5. The molecule has 0 saturated heterocycles. The molecule has 112 valence electrons. The van der Waals surface area contributed by atoms with Gasteiger partial charge in [0.05, 0.1) is 28.4 Å². The second-order valence-corrected chi connectivity index (χ2v) is 5.65. The van der Waals surface area contributed by atoms with Crippen LogP contribution in [0.2, 0.25) is 10.0 Å². The fourth-order valence-electron chi connectivity index (χ4n) is 2.04. The molecule has 0 aliphatic heterocycles. The standard InChI is InChI=1S/C15H17Cl2N3O/c1-9(2)21-11-6-10(7-19-8-11)15(20-18)12-4-3-5-13(16)14(12)17/h3-9,15,20H,18H2,1-2H3. The zero-order chi connectivity index (χ0) is 15.4. The first-order chi connectivity index (χ1) is 10.0. The minimum Gasteiger partial charge on any atom is -0.489 e. The molecule has 1 atom stereocenters. The van der Waals surface area contributed by atoms with Crippen molar-refractivity contribution in [2.75, 3.05) is 0 Å². The summed E-state index contributed by atoms with van der Waals surface area (Å²) in [6, 6.07) is 7.00. The van der Waals surface area contributed by atoms with Crippen LogP contribution in [0, 0.1) is 0 Å². The number of hydrogen-bond acceptors (Lipinski definition) is 4. The monoisotopic (exact) mass is 325 g/mol. The molecule has 0 spiro atoms. The van der Waals surface area contributed by atoms with Crippen molar-refractivity contribution in [2.45, 2.75) is 26.0 Å². The molecule has 2 rings (SSSR count). The summed E-state index contributed by atoms with van der Waals surface area (Å²) in [6.45, 7) is 3.92. The van der Waals surface area contributed by atoms with Crippen LogP contribution in [0.5, 0.6) is 5.75 Å². The van der Waals surface area contributed by atoms with Gasteiger partial charge in [0, 0.05) is 6.20 Å². The number of nitrogens with two attached hydrogens (primary N) is 1. The quantitative estimate of drug-likeness (QED) is 0.649.